The monoisotopic (exact) mass is 367 g/mol. The number of rotatable bonds is 4. The standard InChI is InChI=1S/C25H25N3/c1-16(2)12-18-9-10-19(13-20(18)14-26)24-15-27-25(28-24)23-11-8-17(3)21-6-4-5-7-22(21)23/h4-11,13,16,24H,12,15H2,1-3H3,(H,27,28). The Morgan fingerprint density at radius 2 is 1.89 bits per heavy atom. The Hall–Kier alpha value is -3.12. The van der Waals surface area contributed by atoms with Gasteiger partial charge in [0.1, 0.15) is 5.84 Å². The average molecular weight is 367 g/mol. The Kier molecular flexibility index (Phi) is 4.88. The summed E-state index contributed by atoms with van der Waals surface area (Å²) in [5, 5.41) is 15.6. The zero-order valence-corrected chi connectivity index (χ0v) is 16.7. The summed E-state index contributed by atoms with van der Waals surface area (Å²) in [6, 6.07) is 21.5. The second-order valence-electron chi connectivity index (χ2n) is 7.99. The third kappa shape index (κ3) is 3.39. The molecule has 0 aromatic heterocycles. The Morgan fingerprint density at radius 1 is 1.11 bits per heavy atom. The lowest BCUT2D eigenvalue weighted by Gasteiger charge is -2.16. The summed E-state index contributed by atoms with van der Waals surface area (Å²) in [7, 11) is 0. The van der Waals surface area contributed by atoms with Crippen LogP contribution in [0.4, 0.5) is 0 Å². The highest BCUT2D eigenvalue weighted by Gasteiger charge is 2.22. The third-order valence-corrected chi connectivity index (χ3v) is 5.43. The number of aryl methyl sites for hydroxylation is 1. The number of nitrogens with one attached hydrogen (secondary N) is 1. The van der Waals surface area contributed by atoms with Gasteiger partial charge in [0.05, 0.1) is 24.2 Å². The molecule has 1 atom stereocenters. The molecule has 28 heavy (non-hydrogen) atoms. The van der Waals surface area contributed by atoms with Crippen LogP contribution in [0, 0.1) is 24.2 Å². The predicted octanol–water partition coefficient (Wildman–Crippen LogP) is 5.31. The van der Waals surface area contributed by atoms with Gasteiger partial charge in [0.15, 0.2) is 0 Å². The van der Waals surface area contributed by atoms with Crippen molar-refractivity contribution in [2.45, 2.75) is 33.2 Å². The van der Waals surface area contributed by atoms with Crippen LogP contribution in [0.1, 0.15) is 47.7 Å². The van der Waals surface area contributed by atoms with Crippen molar-refractivity contribution >= 4 is 16.6 Å². The Morgan fingerprint density at radius 3 is 2.64 bits per heavy atom. The van der Waals surface area contributed by atoms with E-state index in [-0.39, 0.29) is 6.04 Å². The fraction of sp³-hybridized carbons (Fsp3) is 0.280. The van der Waals surface area contributed by atoms with E-state index in [0.29, 0.717) is 12.5 Å². The molecular weight excluding hydrogens is 342 g/mol. The van der Waals surface area contributed by atoms with Gasteiger partial charge in [-0.3, -0.25) is 4.99 Å². The van der Waals surface area contributed by atoms with Gasteiger partial charge in [0.25, 0.3) is 0 Å². The van der Waals surface area contributed by atoms with Gasteiger partial charge in [-0.1, -0.05) is 62.4 Å². The van der Waals surface area contributed by atoms with Crippen LogP contribution in [0.25, 0.3) is 10.8 Å². The van der Waals surface area contributed by atoms with Crippen molar-refractivity contribution in [1.29, 1.82) is 5.26 Å². The first kappa shape index (κ1) is 18.3. The first-order valence-corrected chi connectivity index (χ1v) is 9.89. The van der Waals surface area contributed by atoms with E-state index in [1.54, 1.807) is 0 Å². The van der Waals surface area contributed by atoms with E-state index in [2.05, 4.69) is 80.7 Å². The number of nitrogens with zero attached hydrogens (tertiary/aromatic N) is 2. The van der Waals surface area contributed by atoms with Crippen LogP contribution in [-0.2, 0) is 6.42 Å². The van der Waals surface area contributed by atoms with Crippen molar-refractivity contribution in [3.63, 3.8) is 0 Å². The van der Waals surface area contributed by atoms with Gasteiger partial charge in [-0.25, -0.2) is 0 Å². The average Bonchev–Trinajstić information content (AvgIpc) is 3.18. The molecule has 3 nitrogen and oxygen atoms in total. The molecule has 0 bridgehead atoms. The van der Waals surface area contributed by atoms with Gasteiger partial charge in [-0.05, 0) is 52.8 Å². The summed E-state index contributed by atoms with van der Waals surface area (Å²) >= 11 is 0. The molecular formula is C25H25N3. The summed E-state index contributed by atoms with van der Waals surface area (Å²) < 4.78 is 0. The second kappa shape index (κ2) is 7.48. The Labute approximate surface area is 166 Å². The van der Waals surface area contributed by atoms with Crippen molar-refractivity contribution < 1.29 is 0 Å². The summed E-state index contributed by atoms with van der Waals surface area (Å²) in [5.74, 6) is 1.47. The highest BCUT2D eigenvalue weighted by Crippen LogP contribution is 2.27. The smallest absolute Gasteiger partial charge is 0.129 e. The number of fused-ring (bicyclic) bond motifs is 1. The quantitative estimate of drug-likeness (QED) is 0.679. The van der Waals surface area contributed by atoms with E-state index >= 15 is 0 Å². The first-order chi connectivity index (χ1) is 13.6. The minimum absolute atomic E-state index is 0.107. The predicted molar refractivity (Wildman–Crippen MR) is 116 cm³/mol. The minimum atomic E-state index is 0.107. The lowest BCUT2D eigenvalue weighted by Crippen LogP contribution is -2.24. The summed E-state index contributed by atoms with van der Waals surface area (Å²) in [4.78, 5) is 4.79. The van der Waals surface area contributed by atoms with Gasteiger partial charge < -0.3 is 5.32 Å². The van der Waals surface area contributed by atoms with E-state index in [4.69, 9.17) is 4.99 Å². The molecule has 140 valence electrons. The number of hydrogen-bond acceptors (Lipinski definition) is 3. The molecule has 1 unspecified atom stereocenters. The van der Waals surface area contributed by atoms with Crippen molar-refractivity contribution in [2.24, 2.45) is 10.9 Å². The molecule has 0 saturated carbocycles. The summed E-state index contributed by atoms with van der Waals surface area (Å²) in [5.41, 5.74) is 5.45. The summed E-state index contributed by atoms with van der Waals surface area (Å²) in [6.07, 6.45) is 0.929. The maximum atomic E-state index is 9.57. The Bertz CT molecular complexity index is 1100. The molecule has 0 amide bonds. The van der Waals surface area contributed by atoms with Gasteiger partial charge in [0.2, 0.25) is 0 Å². The van der Waals surface area contributed by atoms with E-state index in [0.717, 1.165) is 34.5 Å². The summed E-state index contributed by atoms with van der Waals surface area (Å²) in [6.45, 7) is 7.19. The van der Waals surface area contributed by atoms with Gasteiger partial charge >= 0.3 is 0 Å². The van der Waals surface area contributed by atoms with Crippen LogP contribution < -0.4 is 5.32 Å². The van der Waals surface area contributed by atoms with E-state index < -0.39 is 0 Å². The molecule has 1 aliphatic heterocycles. The van der Waals surface area contributed by atoms with Crippen LogP contribution in [0.3, 0.4) is 0 Å². The fourth-order valence-electron chi connectivity index (χ4n) is 3.98. The maximum Gasteiger partial charge on any atom is 0.129 e. The molecule has 3 aromatic carbocycles. The highest BCUT2D eigenvalue weighted by atomic mass is 15.1. The van der Waals surface area contributed by atoms with Crippen LogP contribution in [0.5, 0.6) is 0 Å². The van der Waals surface area contributed by atoms with E-state index in [1.807, 2.05) is 6.07 Å². The molecule has 0 radical (unpaired) electrons. The molecule has 1 heterocycles. The lowest BCUT2D eigenvalue weighted by atomic mass is 9.95. The van der Waals surface area contributed by atoms with Gasteiger partial charge in [-0.2, -0.15) is 5.26 Å². The normalized spacial score (nSPS) is 16.1. The minimum Gasteiger partial charge on any atom is -0.361 e. The van der Waals surface area contributed by atoms with Crippen molar-refractivity contribution in [2.75, 3.05) is 6.54 Å². The number of aliphatic imine (C=N–C) groups is 1. The van der Waals surface area contributed by atoms with Crippen molar-refractivity contribution in [1.82, 2.24) is 5.32 Å². The molecule has 4 rings (SSSR count). The number of nitriles is 1. The number of hydrogen-bond donors (Lipinski definition) is 1. The van der Waals surface area contributed by atoms with Crippen molar-refractivity contribution in [3.05, 3.63) is 82.4 Å². The van der Waals surface area contributed by atoms with Crippen LogP contribution in [-0.4, -0.2) is 12.4 Å². The highest BCUT2D eigenvalue weighted by molar-refractivity contribution is 6.11. The second-order valence-corrected chi connectivity index (χ2v) is 7.99. The molecule has 3 heteroatoms. The molecule has 0 fully saturated rings. The fourth-order valence-corrected chi connectivity index (χ4v) is 3.98. The zero-order chi connectivity index (χ0) is 19.7. The van der Waals surface area contributed by atoms with Crippen LogP contribution >= 0.6 is 0 Å². The maximum absolute atomic E-state index is 9.57. The molecule has 0 saturated heterocycles. The van der Waals surface area contributed by atoms with Crippen LogP contribution in [0.15, 0.2) is 59.6 Å². The van der Waals surface area contributed by atoms with E-state index in [9.17, 15) is 5.26 Å². The molecule has 1 N–H and O–H groups in total. The van der Waals surface area contributed by atoms with Crippen LogP contribution in [0.2, 0.25) is 0 Å². The van der Waals surface area contributed by atoms with Gasteiger partial charge in [-0.15, -0.1) is 0 Å². The first-order valence-electron chi connectivity index (χ1n) is 9.89. The SMILES string of the molecule is Cc1ccc(C2=NCC(c3ccc(CC(C)C)c(C#N)c3)N2)c2ccccc12. The zero-order valence-electron chi connectivity index (χ0n) is 16.7. The number of benzene rings is 3. The van der Waals surface area contributed by atoms with Gasteiger partial charge in [0, 0.05) is 5.56 Å². The number of amidine groups is 1. The topological polar surface area (TPSA) is 48.2 Å². The third-order valence-electron chi connectivity index (χ3n) is 5.43. The molecule has 0 spiro atoms. The molecule has 0 aliphatic carbocycles. The Balaban J connectivity index is 1.62. The van der Waals surface area contributed by atoms with E-state index in [1.165, 1.54) is 16.3 Å². The molecule has 1 aliphatic rings. The largest absolute Gasteiger partial charge is 0.361 e. The van der Waals surface area contributed by atoms with Crippen molar-refractivity contribution in [3.8, 4) is 6.07 Å². The molecule has 3 aromatic rings. The lowest BCUT2D eigenvalue weighted by molar-refractivity contribution is 0.645.